The van der Waals surface area contributed by atoms with Crippen molar-refractivity contribution in [2.45, 2.75) is 13.0 Å². The van der Waals surface area contributed by atoms with Gasteiger partial charge in [0.05, 0.1) is 0 Å². The van der Waals surface area contributed by atoms with Crippen LogP contribution in [0, 0.1) is 0 Å². The molecule has 0 spiro atoms. The van der Waals surface area contributed by atoms with Gasteiger partial charge in [-0.15, -0.1) is 0 Å². The minimum Gasteiger partial charge on any atom is -0.396 e. The summed E-state index contributed by atoms with van der Waals surface area (Å²) < 4.78 is 1.80. The fourth-order valence-corrected chi connectivity index (χ4v) is 1.63. The SMILES string of the molecule is O=C(NCCCO)NCc1ccnc(-n2ccnc2)c1. The van der Waals surface area contributed by atoms with Gasteiger partial charge in [-0.1, -0.05) is 0 Å². The first-order valence-corrected chi connectivity index (χ1v) is 6.35. The molecule has 0 aliphatic rings. The van der Waals surface area contributed by atoms with Crippen molar-refractivity contribution in [3.05, 3.63) is 42.6 Å². The smallest absolute Gasteiger partial charge is 0.315 e. The number of pyridine rings is 1. The number of rotatable bonds is 6. The predicted molar refractivity (Wildman–Crippen MR) is 73.3 cm³/mol. The number of imidazole rings is 1. The van der Waals surface area contributed by atoms with Gasteiger partial charge in [-0.25, -0.2) is 14.8 Å². The quantitative estimate of drug-likeness (QED) is 0.667. The number of carbonyl (C=O) groups is 1. The van der Waals surface area contributed by atoms with Crippen LogP contribution in [0.3, 0.4) is 0 Å². The zero-order chi connectivity index (χ0) is 14.2. The summed E-state index contributed by atoms with van der Waals surface area (Å²) in [6.07, 6.45) is 7.40. The molecule has 106 valence electrons. The average molecular weight is 275 g/mol. The van der Waals surface area contributed by atoms with E-state index in [2.05, 4.69) is 20.6 Å². The van der Waals surface area contributed by atoms with Gasteiger partial charge >= 0.3 is 6.03 Å². The molecule has 0 saturated carbocycles. The summed E-state index contributed by atoms with van der Waals surface area (Å²) in [5.41, 5.74) is 0.945. The van der Waals surface area contributed by atoms with E-state index in [1.807, 2.05) is 12.1 Å². The zero-order valence-electron chi connectivity index (χ0n) is 11.0. The maximum Gasteiger partial charge on any atom is 0.315 e. The first-order valence-electron chi connectivity index (χ1n) is 6.35. The van der Waals surface area contributed by atoms with Crippen molar-refractivity contribution in [2.24, 2.45) is 0 Å². The molecule has 2 aromatic heterocycles. The van der Waals surface area contributed by atoms with Gasteiger partial charge in [-0.05, 0) is 24.1 Å². The Labute approximate surface area is 116 Å². The van der Waals surface area contributed by atoms with Crippen LogP contribution < -0.4 is 10.6 Å². The molecule has 0 aromatic carbocycles. The Kier molecular flexibility index (Phi) is 5.08. The molecule has 2 aromatic rings. The molecule has 0 saturated heterocycles. The van der Waals surface area contributed by atoms with Gasteiger partial charge in [0.25, 0.3) is 0 Å². The molecule has 7 nitrogen and oxygen atoms in total. The topological polar surface area (TPSA) is 92.1 Å². The number of hydrogen-bond acceptors (Lipinski definition) is 4. The second-order valence-electron chi connectivity index (χ2n) is 4.18. The lowest BCUT2D eigenvalue weighted by Crippen LogP contribution is -2.35. The van der Waals surface area contributed by atoms with Gasteiger partial charge in [0.1, 0.15) is 12.1 Å². The summed E-state index contributed by atoms with van der Waals surface area (Å²) in [6, 6.07) is 3.48. The second kappa shape index (κ2) is 7.25. The molecule has 0 bridgehead atoms. The molecule has 2 rings (SSSR count). The van der Waals surface area contributed by atoms with E-state index in [9.17, 15) is 4.79 Å². The zero-order valence-corrected chi connectivity index (χ0v) is 11.0. The molecular weight excluding hydrogens is 258 g/mol. The standard InChI is InChI=1S/C13H17N5O2/c19-7-1-3-16-13(20)17-9-11-2-4-15-12(8-11)18-6-5-14-10-18/h2,4-6,8,10,19H,1,3,7,9H2,(H2,16,17,20). The lowest BCUT2D eigenvalue weighted by molar-refractivity contribution is 0.237. The van der Waals surface area contributed by atoms with Crippen LogP contribution in [0.2, 0.25) is 0 Å². The summed E-state index contributed by atoms with van der Waals surface area (Å²) in [4.78, 5) is 19.7. The monoisotopic (exact) mass is 275 g/mol. The Balaban J connectivity index is 1.87. The van der Waals surface area contributed by atoms with Gasteiger partial charge in [0, 0.05) is 38.3 Å². The highest BCUT2D eigenvalue weighted by Crippen LogP contribution is 2.06. The van der Waals surface area contributed by atoms with Crippen LogP contribution in [0.1, 0.15) is 12.0 Å². The highest BCUT2D eigenvalue weighted by molar-refractivity contribution is 5.73. The normalized spacial score (nSPS) is 10.2. The number of carbonyl (C=O) groups excluding carboxylic acids is 1. The molecule has 7 heteroatoms. The minimum atomic E-state index is -0.251. The molecule has 0 radical (unpaired) electrons. The summed E-state index contributed by atoms with van der Waals surface area (Å²) in [5, 5.41) is 14.0. The number of nitrogens with one attached hydrogen (secondary N) is 2. The maximum atomic E-state index is 11.5. The Morgan fingerprint density at radius 3 is 3.00 bits per heavy atom. The van der Waals surface area contributed by atoms with Gasteiger partial charge in [0.15, 0.2) is 0 Å². The first-order chi connectivity index (χ1) is 9.79. The summed E-state index contributed by atoms with van der Waals surface area (Å²) in [7, 11) is 0. The first kappa shape index (κ1) is 14.0. The van der Waals surface area contributed by atoms with Crippen molar-refractivity contribution < 1.29 is 9.90 Å². The minimum absolute atomic E-state index is 0.0684. The Morgan fingerprint density at radius 2 is 2.25 bits per heavy atom. The van der Waals surface area contributed by atoms with Gasteiger partial charge < -0.3 is 15.7 Å². The summed E-state index contributed by atoms with van der Waals surface area (Å²) in [5.74, 6) is 0.752. The van der Waals surface area contributed by atoms with Crippen molar-refractivity contribution >= 4 is 6.03 Å². The highest BCUT2D eigenvalue weighted by Gasteiger charge is 2.02. The van der Waals surface area contributed by atoms with E-state index in [0.717, 1.165) is 11.4 Å². The van der Waals surface area contributed by atoms with E-state index < -0.39 is 0 Å². The molecule has 3 N–H and O–H groups in total. The van der Waals surface area contributed by atoms with Crippen molar-refractivity contribution in [1.82, 2.24) is 25.2 Å². The van der Waals surface area contributed by atoms with E-state index in [4.69, 9.17) is 5.11 Å². The molecule has 2 amide bonds. The number of amides is 2. The maximum absolute atomic E-state index is 11.5. The van der Waals surface area contributed by atoms with Crippen LogP contribution in [-0.2, 0) is 6.54 Å². The van der Waals surface area contributed by atoms with Crippen LogP contribution in [-0.4, -0.2) is 38.8 Å². The molecule has 20 heavy (non-hydrogen) atoms. The Bertz CT molecular complexity index is 541. The molecule has 0 aliphatic carbocycles. The predicted octanol–water partition coefficient (Wildman–Crippen LogP) is 0.449. The number of urea groups is 1. The Hall–Kier alpha value is -2.41. The third-order valence-electron chi connectivity index (χ3n) is 2.65. The van der Waals surface area contributed by atoms with Crippen LogP contribution in [0.25, 0.3) is 5.82 Å². The fraction of sp³-hybridized carbons (Fsp3) is 0.308. The average Bonchev–Trinajstić information content (AvgIpc) is 3.00. The number of nitrogens with zero attached hydrogens (tertiary/aromatic N) is 3. The van der Waals surface area contributed by atoms with Gasteiger partial charge in [0.2, 0.25) is 0 Å². The molecule has 0 atom stereocenters. The van der Waals surface area contributed by atoms with Gasteiger partial charge in [-0.2, -0.15) is 0 Å². The second-order valence-corrected chi connectivity index (χ2v) is 4.18. The van der Waals surface area contributed by atoms with Crippen LogP contribution in [0.5, 0.6) is 0 Å². The molecule has 0 fully saturated rings. The molecule has 0 aliphatic heterocycles. The van der Waals surface area contributed by atoms with Gasteiger partial charge in [-0.3, -0.25) is 4.57 Å². The summed E-state index contributed by atoms with van der Waals surface area (Å²) in [6.45, 7) is 0.938. The van der Waals surface area contributed by atoms with Crippen LogP contribution in [0.4, 0.5) is 4.79 Å². The van der Waals surface area contributed by atoms with Crippen molar-refractivity contribution in [3.8, 4) is 5.82 Å². The number of hydrogen-bond donors (Lipinski definition) is 3. The number of aliphatic hydroxyl groups is 1. The molecular formula is C13H17N5O2. The van der Waals surface area contributed by atoms with Crippen molar-refractivity contribution in [2.75, 3.05) is 13.2 Å². The van der Waals surface area contributed by atoms with E-state index in [-0.39, 0.29) is 12.6 Å². The highest BCUT2D eigenvalue weighted by atomic mass is 16.3. The van der Waals surface area contributed by atoms with Crippen LogP contribution in [0.15, 0.2) is 37.1 Å². The van der Waals surface area contributed by atoms with Crippen molar-refractivity contribution in [3.63, 3.8) is 0 Å². The third kappa shape index (κ3) is 4.06. The van der Waals surface area contributed by atoms with E-state index in [0.29, 0.717) is 19.5 Å². The molecule has 0 unspecified atom stereocenters. The number of aliphatic hydroxyl groups excluding tert-OH is 1. The van der Waals surface area contributed by atoms with Crippen molar-refractivity contribution in [1.29, 1.82) is 0 Å². The fourth-order valence-electron chi connectivity index (χ4n) is 1.63. The van der Waals surface area contributed by atoms with E-state index in [1.165, 1.54) is 0 Å². The lowest BCUT2D eigenvalue weighted by atomic mass is 10.2. The molecule has 2 heterocycles. The number of aromatic nitrogens is 3. The van der Waals surface area contributed by atoms with E-state index in [1.54, 1.807) is 29.5 Å². The van der Waals surface area contributed by atoms with E-state index >= 15 is 0 Å². The van der Waals surface area contributed by atoms with Crippen LogP contribution >= 0.6 is 0 Å². The summed E-state index contributed by atoms with van der Waals surface area (Å²) >= 11 is 0. The lowest BCUT2D eigenvalue weighted by Gasteiger charge is -2.08. The largest absolute Gasteiger partial charge is 0.396 e. The Morgan fingerprint density at radius 1 is 1.35 bits per heavy atom. The third-order valence-corrected chi connectivity index (χ3v) is 2.65.